The van der Waals surface area contributed by atoms with Gasteiger partial charge in [-0.3, -0.25) is 0 Å². The van der Waals surface area contributed by atoms with Gasteiger partial charge in [0.15, 0.2) is 0 Å². The number of nitrogen functional groups attached to an aromatic ring is 1. The maximum absolute atomic E-state index is 12.7. The summed E-state index contributed by atoms with van der Waals surface area (Å²) in [6.45, 7) is 0. The third-order valence-corrected chi connectivity index (χ3v) is 3.25. The normalized spacial score (nSPS) is 13.2. The average Bonchev–Trinajstić information content (AvgIpc) is 2.37. The van der Waals surface area contributed by atoms with Crippen molar-refractivity contribution in [2.24, 2.45) is 0 Å². The summed E-state index contributed by atoms with van der Waals surface area (Å²) in [5, 5.41) is 10.5. The van der Waals surface area contributed by atoms with E-state index in [2.05, 4.69) is 0 Å². The molecule has 20 heavy (non-hydrogen) atoms. The fraction of sp³-hybridized carbons (Fsp3) is 0.143. The Kier molecular flexibility index (Phi) is 3.92. The molecule has 0 amide bonds. The number of rotatable bonds is 2. The maximum Gasteiger partial charge on any atom is 0.416 e. The first-order chi connectivity index (χ1) is 9.30. The molecule has 1 unspecified atom stereocenters. The summed E-state index contributed by atoms with van der Waals surface area (Å²) >= 11 is 5.93. The van der Waals surface area contributed by atoms with Crippen LogP contribution in [0.4, 0.5) is 18.9 Å². The Labute approximate surface area is 118 Å². The summed E-state index contributed by atoms with van der Waals surface area (Å²) in [5.41, 5.74) is 5.14. The number of benzene rings is 2. The molecule has 0 saturated heterocycles. The molecule has 2 aromatic rings. The first kappa shape index (κ1) is 14.7. The van der Waals surface area contributed by atoms with Gasteiger partial charge in [-0.25, -0.2) is 0 Å². The SMILES string of the molecule is Nc1ccc(C(F)(F)F)cc1C(O)c1ccccc1Cl. The van der Waals surface area contributed by atoms with Gasteiger partial charge in [0.25, 0.3) is 0 Å². The quantitative estimate of drug-likeness (QED) is 0.823. The summed E-state index contributed by atoms with van der Waals surface area (Å²) in [6, 6.07) is 9.21. The first-order valence-electron chi connectivity index (χ1n) is 5.70. The highest BCUT2D eigenvalue weighted by atomic mass is 35.5. The standard InChI is InChI=1S/C14H11ClF3NO/c15-11-4-2-1-3-9(11)13(20)10-7-8(14(16,17)18)5-6-12(10)19/h1-7,13,20H,19H2. The molecule has 0 fully saturated rings. The molecular formula is C14H11ClF3NO. The summed E-state index contributed by atoms with van der Waals surface area (Å²) in [4.78, 5) is 0. The largest absolute Gasteiger partial charge is 0.416 e. The Morgan fingerprint density at radius 1 is 1.05 bits per heavy atom. The summed E-state index contributed by atoms with van der Waals surface area (Å²) in [7, 11) is 0. The predicted molar refractivity (Wildman–Crippen MR) is 71.4 cm³/mol. The van der Waals surface area contributed by atoms with Gasteiger partial charge >= 0.3 is 6.18 Å². The number of aliphatic hydroxyl groups excluding tert-OH is 1. The van der Waals surface area contributed by atoms with Crippen molar-refractivity contribution in [1.29, 1.82) is 0 Å². The molecule has 0 radical (unpaired) electrons. The van der Waals surface area contributed by atoms with Crippen LogP contribution in [0.25, 0.3) is 0 Å². The van der Waals surface area contributed by atoms with Crippen LogP contribution in [0.3, 0.4) is 0 Å². The van der Waals surface area contributed by atoms with E-state index in [1.165, 1.54) is 6.07 Å². The van der Waals surface area contributed by atoms with E-state index < -0.39 is 17.8 Å². The summed E-state index contributed by atoms with van der Waals surface area (Å²) in [5.74, 6) is 0. The van der Waals surface area contributed by atoms with Gasteiger partial charge in [0.1, 0.15) is 6.10 Å². The summed E-state index contributed by atoms with van der Waals surface area (Å²) < 4.78 is 38.1. The molecule has 2 aromatic carbocycles. The van der Waals surface area contributed by atoms with Crippen LogP contribution in [0.2, 0.25) is 5.02 Å². The number of nitrogens with two attached hydrogens (primary N) is 1. The van der Waals surface area contributed by atoms with Gasteiger partial charge in [-0.1, -0.05) is 29.8 Å². The van der Waals surface area contributed by atoms with Gasteiger partial charge in [0, 0.05) is 21.8 Å². The van der Waals surface area contributed by atoms with Crippen molar-refractivity contribution in [3.05, 3.63) is 64.2 Å². The molecule has 2 nitrogen and oxygen atoms in total. The minimum atomic E-state index is -4.50. The zero-order chi connectivity index (χ0) is 14.9. The van der Waals surface area contributed by atoms with Crippen LogP contribution in [0, 0.1) is 0 Å². The fourth-order valence-electron chi connectivity index (χ4n) is 1.85. The van der Waals surface area contributed by atoms with Crippen LogP contribution in [0.15, 0.2) is 42.5 Å². The second-order valence-corrected chi connectivity index (χ2v) is 4.67. The molecule has 0 aliphatic heterocycles. The monoisotopic (exact) mass is 301 g/mol. The van der Waals surface area contributed by atoms with E-state index in [1.54, 1.807) is 18.2 Å². The molecule has 0 aromatic heterocycles. The molecule has 0 spiro atoms. The third kappa shape index (κ3) is 2.89. The second-order valence-electron chi connectivity index (χ2n) is 4.27. The van der Waals surface area contributed by atoms with E-state index in [1.807, 2.05) is 0 Å². The van der Waals surface area contributed by atoms with Crippen LogP contribution in [-0.2, 0) is 6.18 Å². The van der Waals surface area contributed by atoms with Crippen LogP contribution >= 0.6 is 11.6 Å². The molecule has 106 valence electrons. The molecule has 1 atom stereocenters. The highest BCUT2D eigenvalue weighted by molar-refractivity contribution is 6.31. The van der Waals surface area contributed by atoms with E-state index in [0.29, 0.717) is 5.56 Å². The number of hydrogen-bond donors (Lipinski definition) is 2. The Bertz CT molecular complexity index is 628. The van der Waals surface area contributed by atoms with Gasteiger partial charge in [-0.15, -0.1) is 0 Å². The summed E-state index contributed by atoms with van der Waals surface area (Å²) in [6.07, 6.45) is -5.81. The van der Waals surface area contributed by atoms with E-state index >= 15 is 0 Å². The predicted octanol–water partition coefficient (Wildman–Crippen LogP) is 4.02. The number of halogens is 4. The Hall–Kier alpha value is -1.72. The number of hydrogen-bond acceptors (Lipinski definition) is 2. The van der Waals surface area contributed by atoms with Gasteiger partial charge < -0.3 is 10.8 Å². The molecule has 0 saturated carbocycles. The van der Waals surface area contributed by atoms with E-state index in [9.17, 15) is 18.3 Å². The van der Waals surface area contributed by atoms with Crippen molar-refractivity contribution in [3.63, 3.8) is 0 Å². The maximum atomic E-state index is 12.7. The fourth-order valence-corrected chi connectivity index (χ4v) is 2.09. The lowest BCUT2D eigenvalue weighted by Gasteiger charge is -2.17. The molecule has 3 N–H and O–H groups in total. The van der Waals surface area contributed by atoms with Gasteiger partial charge in [0.05, 0.1) is 5.56 Å². The van der Waals surface area contributed by atoms with Crippen molar-refractivity contribution in [2.45, 2.75) is 12.3 Å². The zero-order valence-electron chi connectivity index (χ0n) is 10.2. The molecule has 0 bridgehead atoms. The topological polar surface area (TPSA) is 46.2 Å². The molecule has 2 rings (SSSR count). The van der Waals surface area contributed by atoms with Crippen molar-refractivity contribution in [2.75, 3.05) is 5.73 Å². The third-order valence-electron chi connectivity index (χ3n) is 2.91. The highest BCUT2D eigenvalue weighted by Gasteiger charge is 2.31. The Morgan fingerprint density at radius 2 is 1.70 bits per heavy atom. The van der Waals surface area contributed by atoms with E-state index in [0.717, 1.165) is 18.2 Å². The Balaban J connectivity index is 2.50. The van der Waals surface area contributed by atoms with E-state index in [-0.39, 0.29) is 16.3 Å². The number of anilines is 1. The van der Waals surface area contributed by atoms with Crippen molar-refractivity contribution in [1.82, 2.24) is 0 Å². The van der Waals surface area contributed by atoms with E-state index in [4.69, 9.17) is 17.3 Å². The number of aliphatic hydroxyl groups is 1. The van der Waals surface area contributed by atoms with Crippen LogP contribution in [-0.4, -0.2) is 5.11 Å². The molecule has 0 aliphatic rings. The van der Waals surface area contributed by atoms with Crippen LogP contribution in [0.1, 0.15) is 22.8 Å². The lowest BCUT2D eigenvalue weighted by atomic mass is 9.98. The minimum Gasteiger partial charge on any atom is -0.398 e. The number of alkyl halides is 3. The van der Waals surface area contributed by atoms with Crippen LogP contribution < -0.4 is 5.73 Å². The highest BCUT2D eigenvalue weighted by Crippen LogP contribution is 2.36. The van der Waals surface area contributed by atoms with Gasteiger partial charge in [-0.05, 0) is 24.3 Å². The molecular weight excluding hydrogens is 291 g/mol. The van der Waals surface area contributed by atoms with Crippen LogP contribution in [0.5, 0.6) is 0 Å². The molecule has 6 heteroatoms. The lowest BCUT2D eigenvalue weighted by molar-refractivity contribution is -0.137. The molecule has 0 heterocycles. The lowest BCUT2D eigenvalue weighted by Crippen LogP contribution is -2.10. The van der Waals surface area contributed by atoms with Gasteiger partial charge in [0.2, 0.25) is 0 Å². The van der Waals surface area contributed by atoms with Crippen molar-refractivity contribution >= 4 is 17.3 Å². The van der Waals surface area contributed by atoms with Gasteiger partial charge in [-0.2, -0.15) is 13.2 Å². The van der Waals surface area contributed by atoms with Crippen molar-refractivity contribution < 1.29 is 18.3 Å². The Morgan fingerprint density at radius 3 is 2.30 bits per heavy atom. The second kappa shape index (κ2) is 5.34. The van der Waals surface area contributed by atoms with Crippen molar-refractivity contribution in [3.8, 4) is 0 Å². The smallest absolute Gasteiger partial charge is 0.398 e. The zero-order valence-corrected chi connectivity index (χ0v) is 10.9. The average molecular weight is 302 g/mol. The first-order valence-corrected chi connectivity index (χ1v) is 6.07. The molecule has 0 aliphatic carbocycles. The minimum absolute atomic E-state index is 0.0204.